The van der Waals surface area contributed by atoms with E-state index in [0.717, 1.165) is 34.9 Å². The zero-order chi connectivity index (χ0) is 17.1. The molecule has 0 radical (unpaired) electrons. The van der Waals surface area contributed by atoms with Crippen LogP contribution in [0.25, 0.3) is 18.2 Å². The molecule has 4 heteroatoms. The molecular weight excluding hydrogens is 310 g/mol. The maximum atomic E-state index is 5.89. The third-order valence-electron chi connectivity index (χ3n) is 4.39. The summed E-state index contributed by atoms with van der Waals surface area (Å²) in [5, 5.41) is 0. The monoisotopic (exact) mass is 329 g/mol. The van der Waals surface area contributed by atoms with Crippen LogP contribution in [0.2, 0.25) is 0 Å². The minimum Gasteiger partial charge on any atom is -0.493 e. The van der Waals surface area contributed by atoms with E-state index in [0.29, 0.717) is 6.61 Å². The molecule has 0 spiro atoms. The summed E-state index contributed by atoms with van der Waals surface area (Å²) in [7, 11) is 0. The molecule has 0 fully saturated rings. The molecule has 1 N–H and O–H groups in total. The molecule has 2 aromatic heterocycles. The van der Waals surface area contributed by atoms with Gasteiger partial charge in [0.1, 0.15) is 11.6 Å². The van der Waals surface area contributed by atoms with Gasteiger partial charge in [0.2, 0.25) is 0 Å². The van der Waals surface area contributed by atoms with Gasteiger partial charge >= 0.3 is 0 Å². The van der Waals surface area contributed by atoms with Crippen LogP contribution in [0.15, 0.2) is 55.4 Å². The number of aromatic amines is 1. The Morgan fingerprint density at radius 2 is 1.96 bits per heavy atom. The average Bonchev–Trinajstić information content (AvgIpc) is 3.10. The van der Waals surface area contributed by atoms with E-state index in [4.69, 9.17) is 9.72 Å². The maximum Gasteiger partial charge on any atom is 0.122 e. The first-order valence-electron chi connectivity index (χ1n) is 8.34. The summed E-state index contributed by atoms with van der Waals surface area (Å²) in [6.07, 6.45) is 10.3. The summed E-state index contributed by atoms with van der Waals surface area (Å²) >= 11 is 0. The van der Waals surface area contributed by atoms with Gasteiger partial charge in [-0.3, -0.25) is 4.98 Å². The lowest BCUT2D eigenvalue weighted by Crippen LogP contribution is -2.20. The molecule has 25 heavy (non-hydrogen) atoms. The van der Waals surface area contributed by atoms with E-state index < -0.39 is 0 Å². The lowest BCUT2D eigenvalue weighted by Gasteiger charge is -2.23. The van der Waals surface area contributed by atoms with Crippen molar-refractivity contribution >= 4 is 18.2 Å². The molecular formula is C21H19N3O. The second-order valence-corrected chi connectivity index (χ2v) is 6.06. The molecule has 1 aliphatic rings. The van der Waals surface area contributed by atoms with Gasteiger partial charge < -0.3 is 9.72 Å². The standard InChI is InChI=1S/C21H19N3O/c1-2-18-19(8-7-15-9-11-22-12-10-15)24-21(23-18)17-13-16-5-3-4-6-20(16)25-14-17/h2-12,17H,1,13-14H2,(H,23,24)/b8-7+. The molecule has 1 unspecified atom stereocenters. The Kier molecular flexibility index (Phi) is 4.17. The topological polar surface area (TPSA) is 50.8 Å². The lowest BCUT2D eigenvalue weighted by molar-refractivity contribution is 0.258. The smallest absolute Gasteiger partial charge is 0.122 e. The van der Waals surface area contributed by atoms with E-state index in [1.54, 1.807) is 18.5 Å². The highest BCUT2D eigenvalue weighted by atomic mass is 16.5. The van der Waals surface area contributed by atoms with Gasteiger partial charge in [0.25, 0.3) is 0 Å². The molecule has 3 aromatic rings. The summed E-state index contributed by atoms with van der Waals surface area (Å²) in [6.45, 7) is 4.52. The van der Waals surface area contributed by atoms with Crippen LogP contribution in [0, 0.1) is 0 Å². The zero-order valence-corrected chi connectivity index (χ0v) is 13.9. The van der Waals surface area contributed by atoms with Crippen molar-refractivity contribution in [1.82, 2.24) is 15.0 Å². The van der Waals surface area contributed by atoms with Gasteiger partial charge in [0.05, 0.1) is 23.9 Å². The Labute approximate surface area is 146 Å². The first kappa shape index (κ1) is 15.4. The fraction of sp³-hybridized carbons (Fsp3) is 0.143. The Balaban J connectivity index is 1.59. The van der Waals surface area contributed by atoms with Crippen molar-refractivity contribution < 1.29 is 4.74 Å². The summed E-state index contributed by atoms with van der Waals surface area (Å²) < 4.78 is 5.89. The predicted molar refractivity (Wildman–Crippen MR) is 100 cm³/mol. The quantitative estimate of drug-likeness (QED) is 0.775. The lowest BCUT2D eigenvalue weighted by atomic mass is 9.96. The van der Waals surface area contributed by atoms with Gasteiger partial charge in [-0.15, -0.1) is 0 Å². The number of hydrogen-bond donors (Lipinski definition) is 1. The summed E-state index contributed by atoms with van der Waals surface area (Å²) in [6, 6.07) is 12.1. The normalized spacial score (nSPS) is 16.4. The van der Waals surface area contributed by atoms with E-state index in [9.17, 15) is 0 Å². The van der Waals surface area contributed by atoms with E-state index in [-0.39, 0.29) is 5.92 Å². The number of pyridine rings is 1. The number of benzene rings is 1. The number of aromatic nitrogens is 3. The molecule has 1 aliphatic heterocycles. The number of rotatable bonds is 4. The van der Waals surface area contributed by atoms with Crippen molar-refractivity contribution in [3.05, 3.63) is 83.7 Å². The number of fused-ring (bicyclic) bond motifs is 1. The maximum absolute atomic E-state index is 5.89. The molecule has 1 atom stereocenters. The van der Waals surface area contributed by atoms with Crippen molar-refractivity contribution in [3.63, 3.8) is 0 Å². The summed E-state index contributed by atoms with van der Waals surface area (Å²) in [5.41, 5.74) is 4.14. The Hall–Kier alpha value is -3.14. The van der Waals surface area contributed by atoms with Gasteiger partial charge in [-0.05, 0) is 47.9 Å². The molecule has 0 saturated heterocycles. The van der Waals surface area contributed by atoms with Gasteiger partial charge in [-0.25, -0.2) is 4.98 Å². The number of ether oxygens (including phenoxy) is 1. The van der Waals surface area contributed by atoms with E-state index >= 15 is 0 Å². The molecule has 0 bridgehead atoms. The Morgan fingerprint density at radius 1 is 1.12 bits per heavy atom. The van der Waals surface area contributed by atoms with Gasteiger partial charge in [0.15, 0.2) is 0 Å². The van der Waals surface area contributed by atoms with Crippen LogP contribution in [0.3, 0.4) is 0 Å². The van der Waals surface area contributed by atoms with Gasteiger partial charge in [-0.2, -0.15) is 0 Å². The second-order valence-electron chi connectivity index (χ2n) is 6.06. The number of H-pyrrole nitrogens is 1. The number of nitrogens with one attached hydrogen (secondary N) is 1. The SMILES string of the molecule is C=Cc1nc(C2COc3ccccc3C2)[nH]c1/C=C/c1ccncc1. The molecule has 4 nitrogen and oxygen atoms in total. The fourth-order valence-corrected chi connectivity index (χ4v) is 3.05. The van der Waals surface area contributed by atoms with Crippen LogP contribution in [-0.2, 0) is 6.42 Å². The van der Waals surface area contributed by atoms with Crippen LogP contribution in [0.1, 0.15) is 34.3 Å². The second kappa shape index (κ2) is 6.77. The van der Waals surface area contributed by atoms with Crippen molar-refractivity contribution in [2.75, 3.05) is 6.61 Å². The molecule has 124 valence electrons. The molecule has 1 aromatic carbocycles. The average molecular weight is 329 g/mol. The summed E-state index contributed by atoms with van der Waals surface area (Å²) in [5.74, 6) is 2.14. The third-order valence-corrected chi connectivity index (χ3v) is 4.39. The minimum absolute atomic E-state index is 0.219. The Bertz CT molecular complexity index is 912. The van der Waals surface area contributed by atoms with Crippen LogP contribution in [0.4, 0.5) is 0 Å². The predicted octanol–water partition coefficient (Wildman–Crippen LogP) is 4.34. The van der Waals surface area contributed by atoms with E-state index in [1.807, 2.05) is 42.5 Å². The fourth-order valence-electron chi connectivity index (χ4n) is 3.05. The van der Waals surface area contributed by atoms with Crippen molar-refractivity contribution in [2.24, 2.45) is 0 Å². The van der Waals surface area contributed by atoms with Crippen LogP contribution >= 0.6 is 0 Å². The van der Waals surface area contributed by atoms with E-state index in [2.05, 4.69) is 22.6 Å². The highest BCUT2D eigenvalue weighted by molar-refractivity contribution is 5.71. The van der Waals surface area contributed by atoms with E-state index in [1.165, 1.54) is 5.56 Å². The molecule has 4 rings (SSSR count). The van der Waals surface area contributed by atoms with Gasteiger partial charge in [0, 0.05) is 12.4 Å². The number of imidazole rings is 1. The number of para-hydroxylation sites is 1. The zero-order valence-electron chi connectivity index (χ0n) is 13.9. The van der Waals surface area contributed by atoms with Crippen molar-refractivity contribution in [2.45, 2.75) is 12.3 Å². The molecule has 0 amide bonds. The van der Waals surface area contributed by atoms with Crippen LogP contribution < -0.4 is 4.74 Å². The van der Waals surface area contributed by atoms with Crippen molar-refractivity contribution in [3.8, 4) is 5.75 Å². The molecule has 0 saturated carbocycles. The highest BCUT2D eigenvalue weighted by Gasteiger charge is 2.24. The van der Waals surface area contributed by atoms with Crippen molar-refractivity contribution in [1.29, 1.82) is 0 Å². The van der Waals surface area contributed by atoms with Crippen LogP contribution in [0.5, 0.6) is 5.75 Å². The van der Waals surface area contributed by atoms with Crippen LogP contribution in [-0.4, -0.2) is 21.6 Å². The number of hydrogen-bond acceptors (Lipinski definition) is 3. The first-order chi connectivity index (χ1) is 12.3. The largest absolute Gasteiger partial charge is 0.493 e. The summed E-state index contributed by atoms with van der Waals surface area (Å²) in [4.78, 5) is 12.2. The third kappa shape index (κ3) is 3.24. The number of nitrogens with zero attached hydrogens (tertiary/aromatic N) is 2. The first-order valence-corrected chi connectivity index (χ1v) is 8.34. The molecule has 0 aliphatic carbocycles. The van der Waals surface area contributed by atoms with Gasteiger partial charge in [-0.1, -0.05) is 30.9 Å². The molecule has 3 heterocycles. The minimum atomic E-state index is 0.219. The Morgan fingerprint density at radius 3 is 2.80 bits per heavy atom. The highest BCUT2D eigenvalue weighted by Crippen LogP contribution is 2.31.